The summed E-state index contributed by atoms with van der Waals surface area (Å²) < 4.78 is 7.96. The molecule has 8 heteroatoms. The van der Waals surface area contributed by atoms with Crippen molar-refractivity contribution in [3.05, 3.63) is 51.3 Å². The molecule has 4 aliphatic rings. The van der Waals surface area contributed by atoms with E-state index >= 15 is 0 Å². The molecule has 1 amide bonds. The van der Waals surface area contributed by atoms with Crippen molar-refractivity contribution in [3.8, 4) is 0 Å². The number of aromatic nitrogens is 3. The zero-order valence-electron chi connectivity index (χ0n) is 17.2. The summed E-state index contributed by atoms with van der Waals surface area (Å²) in [5, 5.41) is 8.60. The molecule has 160 valence electrons. The largest absolute Gasteiger partial charge is 0.423 e. The van der Waals surface area contributed by atoms with Crippen LogP contribution in [0.2, 0.25) is 0 Å². The monoisotopic (exact) mass is 482 g/mol. The number of rotatable bonds is 3. The molecular weight excluding hydrogens is 460 g/mol. The molecule has 2 atom stereocenters. The van der Waals surface area contributed by atoms with Crippen LogP contribution in [0.15, 0.2) is 44.5 Å². The Kier molecular flexibility index (Phi) is 4.04. The second-order valence-corrected chi connectivity index (χ2v) is 10.5. The average molecular weight is 483 g/mol. The Balaban J connectivity index is 1.33. The van der Waals surface area contributed by atoms with Crippen LogP contribution in [0, 0.1) is 24.2 Å². The third-order valence-corrected chi connectivity index (χ3v) is 8.03. The number of halogens is 1. The molecule has 0 unspecified atom stereocenters. The van der Waals surface area contributed by atoms with Crippen molar-refractivity contribution in [1.29, 1.82) is 0 Å². The molecule has 0 saturated heterocycles. The van der Waals surface area contributed by atoms with Crippen LogP contribution in [0.3, 0.4) is 0 Å². The van der Waals surface area contributed by atoms with Crippen molar-refractivity contribution < 1.29 is 9.21 Å². The number of benzene rings is 1. The van der Waals surface area contributed by atoms with E-state index in [-0.39, 0.29) is 17.1 Å². The number of hydrogen-bond acceptors (Lipinski definition) is 5. The molecular formula is C23H23BrN4O3. The summed E-state index contributed by atoms with van der Waals surface area (Å²) in [6.45, 7) is 1.88. The first-order chi connectivity index (χ1) is 14.8. The van der Waals surface area contributed by atoms with Crippen LogP contribution in [0.5, 0.6) is 0 Å². The van der Waals surface area contributed by atoms with E-state index in [0.717, 1.165) is 43.1 Å². The first-order valence-electron chi connectivity index (χ1n) is 10.8. The van der Waals surface area contributed by atoms with Crippen LogP contribution in [-0.2, 0) is 10.3 Å². The molecule has 0 spiro atoms. The minimum absolute atomic E-state index is 0.0690. The second kappa shape index (κ2) is 6.51. The number of nitrogens with one attached hydrogen (secondary N) is 1. The fourth-order valence-corrected chi connectivity index (χ4v) is 7.15. The Morgan fingerprint density at radius 2 is 2.00 bits per heavy atom. The third-order valence-electron chi connectivity index (χ3n) is 7.67. The molecule has 31 heavy (non-hydrogen) atoms. The minimum Gasteiger partial charge on any atom is -0.423 e. The predicted octanol–water partition coefficient (Wildman–Crippen LogP) is 4.39. The van der Waals surface area contributed by atoms with Crippen LogP contribution in [-0.4, -0.2) is 20.7 Å². The van der Waals surface area contributed by atoms with Gasteiger partial charge in [0.05, 0.1) is 11.0 Å². The van der Waals surface area contributed by atoms with Gasteiger partial charge < -0.3 is 9.73 Å². The van der Waals surface area contributed by atoms with Gasteiger partial charge in [0.2, 0.25) is 10.6 Å². The fourth-order valence-electron chi connectivity index (χ4n) is 6.89. The molecule has 1 N–H and O–H groups in total. The highest BCUT2D eigenvalue weighted by Gasteiger charge is 2.61. The van der Waals surface area contributed by atoms with Crippen molar-refractivity contribution in [1.82, 2.24) is 14.8 Å². The number of hydrogen-bond donors (Lipinski definition) is 1. The van der Waals surface area contributed by atoms with Crippen LogP contribution in [0.1, 0.15) is 44.1 Å². The molecule has 4 fully saturated rings. The summed E-state index contributed by atoms with van der Waals surface area (Å²) in [6.07, 6.45) is 7.77. The molecule has 1 aromatic carbocycles. The predicted molar refractivity (Wildman–Crippen MR) is 119 cm³/mol. The topological polar surface area (TPSA) is 90.0 Å². The zero-order valence-corrected chi connectivity index (χ0v) is 18.8. The summed E-state index contributed by atoms with van der Waals surface area (Å²) >= 11 is 3.37. The van der Waals surface area contributed by atoms with Gasteiger partial charge in [-0.1, -0.05) is 0 Å². The van der Waals surface area contributed by atoms with Crippen molar-refractivity contribution in [2.24, 2.45) is 17.3 Å². The van der Waals surface area contributed by atoms with Gasteiger partial charge in [-0.25, -0.2) is 14.5 Å². The first kappa shape index (κ1) is 19.2. The van der Waals surface area contributed by atoms with Gasteiger partial charge in [-0.15, -0.1) is 5.10 Å². The van der Waals surface area contributed by atoms with Gasteiger partial charge in [-0.2, -0.15) is 0 Å². The van der Waals surface area contributed by atoms with E-state index in [1.165, 1.54) is 12.5 Å². The van der Waals surface area contributed by atoms with Crippen LogP contribution >= 0.6 is 15.9 Å². The molecule has 7 rings (SSSR count). The second-order valence-electron chi connectivity index (χ2n) is 9.84. The zero-order chi connectivity index (χ0) is 21.4. The van der Waals surface area contributed by atoms with Gasteiger partial charge in [0, 0.05) is 23.2 Å². The maximum absolute atomic E-state index is 13.7. The highest BCUT2D eigenvalue weighted by Crippen LogP contribution is 2.64. The van der Waals surface area contributed by atoms with Crippen molar-refractivity contribution in [3.63, 3.8) is 0 Å². The SMILES string of the molecule is Cc1cc(=O)oc2cc(NC(=O)C34C[C@H]5C[C@H](C3)CC(n3cnc(Br)n3)(C5)C4)ccc12. The molecule has 2 aromatic heterocycles. The molecule has 0 aliphatic heterocycles. The highest BCUT2D eigenvalue weighted by atomic mass is 79.9. The Hall–Kier alpha value is -2.48. The van der Waals surface area contributed by atoms with E-state index < -0.39 is 5.41 Å². The van der Waals surface area contributed by atoms with E-state index in [4.69, 9.17) is 4.42 Å². The number of carbonyl (C=O) groups is 1. The maximum atomic E-state index is 13.7. The summed E-state index contributed by atoms with van der Waals surface area (Å²) in [5.41, 5.74) is 1.12. The van der Waals surface area contributed by atoms with Crippen LogP contribution in [0.4, 0.5) is 5.69 Å². The van der Waals surface area contributed by atoms with Gasteiger partial charge in [-0.05, 0) is 90.9 Å². The number of anilines is 1. The first-order valence-corrected chi connectivity index (χ1v) is 11.6. The molecule has 0 radical (unpaired) electrons. The van der Waals surface area contributed by atoms with Gasteiger partial charge in [0.15, 0.2) is 0 Å². The van der Waals surface area contributed by atoms with E-state index in [1.54, 1.807) is 12.4 Å². The smallest absolute Gasteiger partial charge is 0.336 e. The van der Waals surface area contributed by atoms with Crippen molar-refractivity contribution in [2.45, 2.75) is 51.0 Å². The Morgan fingerprint density at radius 3 is 2.71 bits per heavy atom. The number of carbonyl (C=O) groups excluding carboxylic acids is 1. The third kappa shape index (κ3) is 2.98. The molecule has 4 bridgehead atoms. The summed E-state index contributed by atoms with van der Waals surface area (Å²) in [7, 11) is 0. The van der Waals surface area contributed by atoms with E-state index in [0.29, 0.717) is 27.8 Å². The lowest BCUT2D eigenvalue weighted by Gasteiger charge is -2.60. The van der Waals surface area contributed by atoms with Gasteiger partial charge in [0.1, 0.15) is 11.9 Å². The summed E-state index contributed by atoms with van der Waals surface area (Å²) in [4.78, 5) is 29.7. The van der Waals surface area contributed by atoms with Crippen LogP contribution in [0.25, 0.3) is 11.0 Å². The minimum atomic E-state index is -0.398. The van der Waals surface area contributed by atoms with Gasteiger partial charge in [-0.3, -0.25) is 4.79 Å². The average Bonchev–Trinajstić information content (AvgIpc) is 3.14. The molecule has 7 nitrogen and oxygen atoms in total. The summed E-state index contributed by atoms with van der Waals surface area (Å²) in [6, 6.07) is 7.03. The molecule has 4 saturated carbocycles. The van der Waals surface area contributed by atoms with Gasteiger partial charge >= 0.3 is 5.63 Å². The van der Waals surface area contributed by atoms with E-state index in [1.807, 2.05) is 23.7 Å². The Labute approximate surface area is 187 Å². The highest BCUT2D eigenvalue weighted by molar-refractivity contribution is 9.10. The number of amides is 1. The summed E-state index contributed by atoms with van der Waals surface area (Å²) in [5.74, 6) is 1.14. The molecule has 4 aliphatic carbocycles. The normalized spacial score (nSPS) is 31.3. The van der Waals surface area contributed by atoms with E-state index in [2.05, 4.69) is 31.3 Å². The molecule has 2 heterocycles. The fraction of sp³-hybridized carbons (Fsp3) is 0.478. The molecule has 3 aromatic rings. The van der Waals surface area contributed by atoms with Crippen molar-refractivity contribution in [2.75, 3.05) is 5.32 Å². The lowest BCUT2D eigenvalue weighted by Crippen LogP contribution is -2.60. The lowest BCUT2D eigenvalue weighted by atomic mass is 9.46. The van der Waals surface area contributed by atoms with Crippen LogP contribution < -0.4 is 10.9 Å². The maximum Gasteiger partial charge on any atom is 0.336 e. The lowest BCUT2D eigenvalue weighted by molar-refractivity contribution is -0.150. The van der Waals surface area contributed by atoms with Gasteiger partial charge in [0.25, 0.3) is 0 Å². The quantitative estimate of drug-likeness (QED) is 0.559. The standard InChI is InChI=1S/C23H23BrN4O3/c1-13-4-19(29)31-18-6-16(2-3-17(13)18)26-20(30)22-7-14-5-15(8-22)10-23(9-14,11-22)28-12-25-21(24)27-28/h2-4,6,12,14-15H,5,7-11H2,1H3,(H,26,30)/t14-,15-,22?,23?/m1/s1. The number of nitrogens with zero attached hydrogens (tertiary/aromatic N) is 3. The number of aryl methyl sites for hydroxylation is 1. The Morgan fingerprint density at radius 1 is 1.23 bits per heavy atom. The number of fused-ring (bicyclic) bond motifs is 1. The van der Waals surface area contributed by atoms with E-state index in [9.17, 15) is 9.59 Å². The Bertz CT molecular complexity index is 1270. The van der Waals surface area contributed by atoms with Crippen molar-refractivity contribution >= 4 is 38.5 Å².